The molecule has 5 nitrogen and oxygen atoms in total. The van der Waals surface area contributed by atoms with Gasteiger partial charge in [-0.2, -0.15) is 0 Å². The molecule has 0 aliphatic heterocycles. The third-order valence-corrected chi connectivity index (χ3v) is 7.29. The standard InChI is InChI=1S/C24H38O5/c1-15(11-13-28-17(3)25)14-19(27)22-16(2)8-9-20-23(5,6)21(29-18(4)26)10-12-24(20,22)7/h8,11,19-22,27H,9-10,12-14H2,1-7H3/b15-11+/t19-,20+,21+,22-,24+/m0/s1. The van der Waals surface area contributed by atoms with Crippen molar-refractivity contribution in [1.82, 2.24) is 0 Å². The van der Waals surface area contributed by atoms with Crippen LogP contribution in [0.3, 0.4) is 0 Å². The van der Waals surface area contributed by atoms with Crippen LogP contribution in [0.25, 0.3) is 0 Å². The SMILES string of the molecule is CC(=O)OC/C=C(\C)C[C@H](O)[C@@H]1C(C)=CC[C@@H]2C(C)(C)[C@H](OC(C)=O)CC[C@]21C. The summed E-state index contributed by atoms with van der Waals surface area (Å²) in [6, 6.07) is 0. The molecular formula is C24H38O5. The van der Waals surface area contributed by atoms with Crippen molar-refractivity contribution in [2.24, 2.45) is 22.7 Å². The molecule has 1 fully saturated rings. The van der Waals surface area contributed by atoms with E-state index in [1.54, 1.807) is 0 Å². The Morgan fingerprint density at radius 2 is 1.90 bits per heavy atom. The van der Waals surface area contributed by atoms with Crippen LogP contribution in [0.15, 0.2) is 23.3 Å². The van der Waals surface area contributed by atoms with Gasteiger partial charge in [0.1, 0.15) is 12.7 Å². The third-order valence-electron chi connectivity index (χ3n) is 7.29. The van der Waals surface area contributed by atoms with Crippen LogP contribution in [0, 0.1) is 22.7 Å². The van der Waals surface area contributed by atoms with Crippen LogP contribution in [0.4, 0.5) is 0 Å². The molecule has 0 spiro atoms. The topological polar surface area (TPSA) is 72.8 Å². The molecule has 0 aromatic carbocycles. The number of aliphatic hydroxyl groups is 1. The smallest absolute Gasteiger partial charge is 0.302 e. The lowest BCUT2D eigenvalue weighted by atomic mass is 9.47. The Morgan fingerprint density at radius 3 is 2.48 bits per heavy atom. The molecule has 164 valence electrons. The van der Waals surface area contributed by atoms with Crippen molar-refractivity contribution in [3.05, 3.63) is 23.3 Å². The van der Waals surface area contributed by atoms with E-state index in [9.17, 15) is 14.7 Å². The van der Waals surface area contributed by atoms with Gasteiger partial charge in [0.25, 0.3) is 0 Å². The number of rotatable bonds is 6. The number of allylic oxidation sites excluding steroid dienone is 1. The normalized spacial score (nSPS) is 32.6. The number of carbonyl (C=O) groups is 2. The lowest BCUT2D eigenvalue weighted by molar-refractivity contribution is -0.175. The van der Waals surface area contributed by atoms with Crippen LogP contribution in [0.1, 0.15) is 74.1 Å². The van der Waals surface area contributed by atoms with Crippen molar-refractivity contribution in [3.8, 4) is 0 Å². The molecule has 1 saturated carbocycles. The zero-order valence-electron chi connectivity index (χ0n) is 19.1. The fourth-order valence-corrected chi connectivity index (χ4v) is 5.95. The molecule has 5 heteroatoms. The quantitative estimate of drug-likeness (QED) is 0.516. The summed E-state index contributed by atoms with van der Waals surface area (Å²) in [6.07, 6.45) is 6.76. The van der Waals surface area contributed by atoms with Gasteiger partial charge in [-0.1, -0.05) is 38.0 Å². The summed E-state index contributed by atoms with van der Waals surface area (Å²) in [4.78, 5) is 22.6. The molecule has 0 heterocycles. The monoisotopic (exact) mass is 406 g/mol. The van der Waals surface area contributed by atoms with Crippen LogP contribution in [0.5, 0.6) is 0 Å². The van der Waals surface area contributed by atoms with Crippen molar-refractivity contribution in [2.75, 3.05) is 6.61 Å². The van der Waals surface area contributed by atoms with Gasteiger partial charge in [-0.15, -0.1) is 0 Å². The molecule has 2 rings (SSSR count). The Bertz CT molecular complexity index is 689. The second kappa shape index (κ2) is 9.03. The summed E-state index contributed by atoms with van der Waals surface area (Å²) in [5, 5.41) is 11.2. The number of fused-ring (bicyclic) bond motifs is 1. The van der Waals surface area contributed by atoms with Gasteiger partial charge in [0.2, 0.25) is 0 Å². The average Bonchev–Trinajstić information content (AvgIpc) is 2.56. The zero-order valence-corrected chi connectivity index (χ0v) is 19.1. The summed E-state index contributed by atoms with van der Waals surface area (Å²) in [5.41, 5.74) is 2.04. The van der Waals surface area contributed by atoms with E-state index in [2.05, 4.69) is 33.8 Å². The molecule has 0 amide bonds. The molecule has 0 bridgehead atoms. The predicted octanol–water partition coefficient (Wildman–Crippen LogP) is 4.59. The predicted molar refractivity (Wildman–Crippen MR) is 113 cm³/mol. The van der Waals surface area contributed by atoms with E-state index >= 15 is 0 Å². The van der Waals surface area contributed by atoms with Crippen LogP contribution in [-0.4, -0.2) is 35.9 Å². The van der Waals surface area contributed by atoms with Crippen molar-refractivity contribution in [1.29, 1.82) is 0 Å². The molecular weight excluding hydrogens is 368 g/mol. The average molecular weight is 407 g/mol. The molecule has 0 aromatic heterocycles. The summed E-state index contributed by atoms with van der Waals surface area (Å²) in [6.45, 7) is 13.9. The minimum Gasteiger partial charge on any atom is -0.462 e. The summed E-state index contributed by atoms with van der Waals surface area (Å²) in [5.74, 6) is -0.153. The van der Waals surface area contributed by atoms with E-state index < -0.39 is 6.10 Å². The minimum atomic E-state index is -0.506. The van der Waals surface area contributed by atoms with E-state index in [1.165, 1.54) is 19.4 Å². The van der Waals surface area contributed by atoms with Gasteiger partial charge >= 0.3 is 11.9 Å². The Balaban J connectivity index is 2.23. The highest BCUT2D eigenvalue weighted by atomic mass is 16.5. The highest BCUT2D eigenvalue weighted by molar-refractivity contribution is 5.66. The maximum atomic E-state index is 11.6. The number of hydrogen-bond donors (Lipinski definition) is 1. The van der Waals surface area contributed by atoms with Gasteiger partial charge in [-0.05, 0) is 56.9 Å². The van der Waals surface area contributed by atoms with Crippen LogP contribution < -0.4 is 0 Å². The van der Waals surface area contributed by atoms with E-state index in [0.29, 0.717) is 12.3 Å². The lowest BCUT2D eigenvalue weighted by Gasteiger charge is -2.59. The van der Waals surface area contributed by atoms with E-state index in [-0.39, 0.29) is 41.4 Å². The zero-order chi connectivity index (χ0) is 22.0. The van der Waals surface area contributed by atoms with Gasteiger partial charge in [0.15, 0.2) is 0 Å². The minimum absolute atomic E-state index is 0.0517. The largest absolute Gasteiger partial charge is 0.462 e. The van der Waals surface area contributed by atoms with E-state index in [1.807, 2.05) is 13.0 Å². The van der Waals surface area contributed by atoms with Gasteiger partial charge < -0.3 is 14.6 Å². The van der Waals surface area contributed by atoms with Crippen molar-refractivity contribution >= 4 is 11.9 Å². The number of aliphatic hydroxyl groups excluding tert-OH is 1. The van der Waals surface area contributed by atoms with Gasteiger partial charge in [-0.3, -0.25) is 9.59 Å². The van der Waals surface area contributed by atoms with Crippen molar-refractivity contribution < 1.29 is 24.2 Å². The molecule has 2 aliphatic rings. The lowest BCUT2D eigenvalue weighted by Crippen LogP contribution is -2.57. The Labute approximate surface area is 175 Å². The maximum absolute atomic E-state index is 11.6. The van der Waals surface area contributed by atoms with Gasteiger partial charge in [0.05, 0.1) is 6.10 Å². The first-order chi connectivity index (χ1) is 13.4. The number of ether oxygens (including phenoxy) is 2. The van der Waals surface area contributed by atoms with Gasteiger partial charge in [0, 0.05) is 25.2 Å². The molecule has 1 N–H and O–H groups in total. The van der Waals surface area contributed by atoms with Crippen molar-refractivity contribution in [2.45, 2.75) is 86.4 Å². The third kappa shape index (κ3) is 5.11. The Hall–Kier alpha value is -1.62. The summed E-state index contributed by atoms with van der Waals surface area (Å²) in [7, 11) is 0. The second-order valence-electron chi connectivity index (χ2n) is 9.80. The second-order valence-corrected chi connectivity index (χ2v) is 9.80. The first kappa shape index (κ1) is 23.7. The summed E-state index contributed by atoms with van der Waals surface area (Å²) >= 11 is 0. The molecule has 0 aromatic rings. The Morgan fingerprint density at radius 1 is 1.24 bits per heavy atom. The number of hydrogen-bond acceptors (Lipinski definition) is 5. The molecule has 5 atom stereocenters. The van der Waals surface area contributed by atoms with E-state index in [4.69, 9.17) is 9.47 Å². The van der Waals surface area contributed by atoms with E-state index in [0.717, 1.165) is 24.8 Å². The first-order valence-electron chi connectivity index (χ1n) is 10.7. The number of carbonyl (C=O) groups excluding carboxylic acids is 2. The molecule has 29 heavy (non-hydrogen) atoms. The Kier molecular flexibility index (Phi) is 7.37. The molecule has 2 aliphatic carbocycles. The fraction of sp³-hybridized carbons (Fsp3) is 0.750. The fourth-order valence-electron chi connectivity index (χ4n) is 5.95. The first-order valence-corrected chi connectivity index (χ1v) is 10.7. The highest BCUT2D eigenvalue weighted by Crippen LogP contribution is 2.61. The van der Waals surface area contributed by atoms with Crippen LogP contribution in [0.2, 0.25) is 0 Å². The van der Waals surface area contributed by atoms with Crippen LogP contribution >= 0.6 is 0 Å². The molecule has 0 saturated heterocycles. The highest BCUT2D eigenvalue weighted by Gasteiger charge is 2.57. The maximum Gasteiger partial charge on any atom is 0.302 e. The van der Waals surface area contributed by atoms with Crippen molar-refractivity contribution in [3.63, 3.8) is 0 Å². The molecule has 0 radical (unpaired) electrons. The van der Waals surface area contributed by atoms with Crippen LogP contribution in [-0.2, 0) is 19.1 Å². The summed E-state index contributed by atoms with van der Waals surface area (Å²) < 4.78 is 10.7. The van der Waals surface area contributed by atoms with Gasteiger partial charge in [-0.25, -0.2) is 0 Å². The molecule has 0 unspecified atom stereocenters. The number of esters is 2.